The van der Waals surface area contributed by atoms with Crippen LogP contribution in [0.1, 0.15) is 25.0 Å². The molecule has 1 aliphatic rings. The number of carbonyl (C=O) groups excluding carboxylic acids is 1. The van der Waals surface area contributed by atoms with E-state index in [1.807, 2.05) is 11.0 Å². The summed E-state index contributed by atoms with van der Waals surface area (Å²) in [6.45, 7) is 3.48. The van der Waals surface area contributed by atoms with Gasteiger partial charge in [-0.25, -0.2) is 4.98 Å². The minimum Gasteiger partial charge on any atom is -0.479 e. The number of halogens is 4. The first-order chi connectivity index (χ1) is 16.6. The molecular weight excluding hydrogens is 487 g/mol. The molecule has 0 bridgehead atoms. The topological polar surface area (TPSA) is 81.5 Å². The van der Waals surface area contributed by atoms with Crippen molar-refractivity contribution in [3.63, 3.8) is 0 Å². The molecule has 0 aliphatic carbocycles. The van der Waals surface area contributed by atoms with Crippen molar-refractivity contribution in [3.05, 3.63) is 46.7 Å². The highest BCUT2D eigenvalue weighted by atomic mass is 35.5. The maximum absolute atomic E-state index is 13.4. The summed E-state index contributed by atoms with van der Waals surface area (Å²) >= 11 is 5.99. The highest BCUT2D eigenvalue weighted by Gasteiger charge is 2.39. The summed E-state index contributed by atoms with van der Waals surface area (Å²) in [6, 6.07) is 6.80. The average molecular weight is 514 g/mol. The van der Waals surface area contributed by atoms with Crippen molar-refractivity contribution in [2.24, 2.45) is 5.10 Å². The number of amidine groups is 1. The van der Waals surface area contributed by atoms with Gasteiger partial charge in [-0.3, -0.25) is 14.7 Å². The molecule has 1 N–H and O–H groups in total. The fourth-order valence-corrected chi connectivity index (χ4v) is 3.94. The summed E-state index contributed by atoms with van der Waals surface area (Å²) < 4.78 is 45.5. The zero-order valence-corrected chi connectivity index (χ0v) is 20.3. The van der Waals surface area contributed by atoms with Gasteiger partial charge in [-0.1, -0.05) is 11.6 Å². The lowest BCUT2D eigenvalue weighted by Gasteiger charge is -2.27. The van der Waals surface area contributed by atoms with Crippen molar-refractivity contribution in [2.45, 2.75) is 39.1 Å². The zero-order valence-electron chi connectivity index (χ0n) is 19.6. The molecule has 0 radical (unpaired) electrons. The summed E-state index contributed by atoms with van der Waals surface area (Å²) in [5.41, 5.74) is 2.68. The molecule has 0 saturated carbocycles. The number of amides is 1. The van der Waals surface area contributed by atoms with Crippen LogP contribution in [0.3, 0.4) is 0 Å². The smallest absolute Gasteiger partial charge is 0.425 e. The normalized spacial score (nSPS) is 14.5. The Morgan fingerprint density at radius 1 is 1.40 bits per heavy atom. The standard InChI is InChI=1S/C23H27ClF3N5O3/c1-4-31(14-34)21(13-33)29-30(3)18-10-17-6-8-32(12-16-5-7-28-20(24)9-16)22(17)19(11-18)35-15(2)23(25,26)27/h5,7,9-11,14-15,33H,4,6,8,12-13H2,1-3H3/b29-21-. The number of aliphatic hydroxyl groups is 1. The second-order valence-corrected chi connectivity index (χ2v) is 8.39. The number of pyridine rings is 1. The van der Waals surface area contributed by atoms with E-state index in [0.717, 1.165) is 18.1 Å². The Morgan fingerprint density at radius 2 is 2.14 bits per heavy atom. The van der Waals surface area contributed by atoms with Crippen LogP contribution in [-0.4, -0.2) is 66.3 Å². The first kappa shape index (κ1) is 26.6. The molecule has 1 aromatic carbocycles. The molecule has 3 rings (SSSR count). The van der Waals surface area contributed by atoms with Crippen LogP contribution in [0, 0.1) is 0 Å². The van der Waals surface area contributed by atoms with Gasteiger partial charge in [0.15, 0.2) is 11.9 Å². The first-order valence-electron chi connectivity index (χ1n) is 11.0. The quantitative estimate of drug-likeness (QED) is 0.180. The summed E-state index contributed by atoms with van der Waals surface area (Å²) in [5.74, 6) is 0.170. The highest BCUT2D eigenvalue weighted by molar-refractivity contribution is 6.29. The van der Waals surface area contributed by atoms with E-state index in [9.17, 15) is 23.1 Å². The molecule has 1 aliphatic heterocycles. The second-order valence-electron chi connectivity index (χ2n) is 8.00. The van der Waals surface area contributed by atoms with Crippen molar-refractivity contribution in [1.82, 2.24) is 9.88 Å². The number of hydrogen-bond acceptors (Lipinski definition) is 7. The molecule has 2 aromatic rings. The SMILES string of the molecule is CCN(C=O)/C(CO)=N\N(C)c1cc2c(c(OC(C)C(F)(F)F)c1)N(Cc1ccnc(Cl)c1)CC2. The summed E-state index contributed by atoms with van der Waals surface area (Å²) in [4.78, 5) is 18.4. The number of anilines is 2. The molecule has 2 heterocycles. The Morgan fingerprint density at radius 3 is 2.74 bits per heavy atom. The zero-order chi connectivity index (χ0) is 25.8. The minimum atomic E-state index is -4.55. The number of aliphatic hydroxyl groups excluding tert-OH is 1. The van der Waals surface area contributed by atoms with Crippen LogP contribution in [0.25, 0.3) is 0 Å². The third-order valence-corrected chi connectivity index (χ3v) is 5.82. The van der Waals surface area contributed by atoms with Gasteiger partial charge < -0.3 is 14.7 Å². The van der Waals surface area contributed by atoms with Gasteiger partial charge in [-0.2, -0.15) is 18.3 Å². The molecule has 8 nitrogen and oxygen atoms in total. The summed E-state index contributed by atoms with van der Waals surface area (Å²) in [7, 11) is 1.58. The Bertz CT molecular complexity index is 1080. The van der Waals surface area contributed by atoms with E-state index >= 15 is 0 Å². The number of nitrogens with zero attached hydrogens (tertiary/aromatic N) is 5. The largest absolute Gasteiger partial charge is 0.479 e. The molecule has 0 saturated heterocycles. The maximum atomic E-state index is 13.4. The Labute approximate surface area is 206 Å². The fraction of sp³-hybridized carbons (Fsp3) is 0.435. The van der Waals surface area contributed by atoms with Crippen LogP contribution in [0.4, 0.5) is 24.5 Å². The number of hydrogen-bond donors (Lipinski definition) is 1. The van der Waals surface area contributed by atoms with Gasteiger partial charge >= 0.3 is 6.18 Å². The van der Waals surface area contributed by atoms with Gasteiger partial charge in [0.1, 0.15) is 17.5 Å². The number of benzene rings is 1. The maximum Gasteiger partial charge on any atom is 0.425 e. The van der Waals surface area contributed by atoms with Crippen molar-refractivity contribution in [2.75, 3.05) is 36.7 Å². The minimum absolute atomic E-state index is 0.0651. The third-order valence-electron chi connectivity index (χ3n) is 5.62. The Balaban J connectivity index is 2.01. The van der Waals surface area contributed by atoms with E-state index in [0.29, 0.717) is 49.0 Å². The van der Waals surface area contributed by atoms with Gasteiger partial charge in [0.2, 0.25) is 6.41 Å². The van der Waals surface area contributed by atoms with Gasteiger partial charge in [0, 0.05) is 38.9 Å². The molecule has 1 atom stereocenters. The van der Waals surface area contributed by atoms with E-state index in [1.54, 1.807) is 32.3 Å². The molecule has 35 heavy (non-hydrogen) atoms. The van der Waals surface area contributed by atoms with Crippen LogP contribution in [0.15, 0.2) is 35.6 Å². The van der Waals surface area contributed by atoms with Crippen molar-refractivity contribution in [3.8, 4) is 5.75 Å². The molecule has 1 aromatic heterocycles. The van der Waals surface area contributed by atoms with Crippen LogP contribution in [0.2, 0.25) is 5.15 Å². The van der Waals surface area contributed by atoms with Crippen LogP contribution >= 0.6 is 11.6 Å². The average Bonchev–Trinajstić information content (AvgIpc) is 3.21. The van der Waals surface area contributed by atoms with E-state index in [4.69, 9.17) is 16.3 Å². The number of carbonyl (C=O) groups is 1. The highest BCUT2D eigenvalue weighted by Crippen LogP contribution is 2.43. The molecule has 1 amide bonds. The molecule has 12 heteroatoms. The summed E-state index contributed by atoms with van der Waals surface area (Å²) in [5, 5.41) is 15.6. The van der Waals surface area contributed by atoms with E-state index in [-0.39, 0.29) is 11.6 Å². The molecule has 0 spiro atoms. The first-order valence-corrected chi connectivity index (χ1v) is 11.3. The lowest BCUT2D eigenvalue weighted by Crippen LogP contribution is -2.34. The Kier molecular flexibility index (Phi) is 8.44. The van der Waals surface area contributed by atoms with E-state index in [1.165, 1.54) is 16.0 Å². The monoisotopic (exact) mass is 513 g/mol. The number of ether oxygens (including phenoxy) is 1. The van der Waals surface area contributed by atoms with Crippen LogP contribution < -0.4 is 14.6 Å². The van der Waals surface area contributed by atoms with Crippen LogP contribution in [0.5, 0.6) is 5.75 Å². The molecule has 1 unspecified atom stereocenters. The number of alkyl halides is 3. The number of hydrazone groups is 1. The van der Waals surface area contributed by atoms with Crippen LogP contribution in [-0.2, 0) is 17.8 Å². The van der Waals surface area contributed by atoms with Gasteiger partial charge in [0.05, 0.1) is 11.4 Å². The molecular formula is C23H27ClF3N5O3. The van der Waals surface area contributed by atoms with E-state index < -0.39 is 18.9 Å². The fourth-order valence-electron chi connectivity index (χ4n) is 3.75. The predicted octanol–water partition coefficient (Wildman–Crippen LogP) is 3.85. The van der Waals surface area contributed by atoms with Crippen molar-refractivity contribution in [1.29, 1.82) is 0 Å². The van der Waals surface area contributed by atoms with Crippen molar-refractivity contribution >= 4 is 35.2 Å². The van der Waals surface area contributed by atoms with Crippen molar-refractivity contribution < 1.29 is 27.8 Å². The van der Waals surface area contributed by atoms with Gasteiger partial charge in [-0.05, 0) is 49.6 Å². The third kappa shape index (κ3) is 6.34. The number of fused-ring (bicyclic) bond motifs is 1. The Hall–Kier alpha value is -3.05. The molecule has 0 fully saturated rings. The lowest BCUT2D eigenvalue weighted by atomic mass is 10.1. The number of aromatic nitrogens is 1. The van der Waals surface area contributed by atoms with E-state index in [2.05, 4.69) is 10.1 Å². The number of rotatable bonds is 9. The summed E-state index contributed by atoms with van der Waals surface area (Å²) in [6.07, 6.45) is -3.88. The second kappa shape index (κ2) is 11.1. The lowest BCUT2D eigenvalue weighted by molar-refractivity contribution is -0.189. The van der Waals surface area contributed by atoms with Gasteiger partial charge in [-0.15, -0.1) is 0 Å². The van der Waals surface area contributed by atoms with Gasteiger partial charge in [0.25, 0.3) is 0 Å². The predicted molar refractivity (Wildman–Crippen MR) is 128 cm³/mol. The number of likely N-dealkylation sites (N-methyl/N-ethyl adjacent to an activating group) is 1. The molecule has 190 valence electrons.